The van der Waals surface area contributed by atoms with Gasteiger partial charge in [0, 0.05) is 17.5 Å². The minimum atomic E-state index is -0.515. The number of benzene rings is 2. The van der Waals surface area contributed by atoms with Gasteiger partial charge in [-0.1, -0.05) is 48.2 Å². The number of amides is 1. The predicted octanol–water partition coefficient (Wildman–Crippen LogP) is 5.86. The first kappa shape index (κ1) is 27.9. The van der Waals surface area contributed by atoms with Crippen LogP contribution in [-0.4, -0.2) is 46.6 Å². The molecule has 39 heavy (non-hydrogen) atoms. The van der Waals surface area contributed by atoms with E-state index in [2.05, 4.69) is 22.1 Å². The molecule has 1 amide bonds. The SMILES string of the molecule is C=CCn1c(SCC(=O)Nc2scc(-c3ccccc3)c2C(=O)OC)nnc1C(C)Oc1ccc(OC)cc1. The van der Waals surface area contributed by atoms with Crippen molar-refractivity contribution in [3.8, 4) is 22.6 Å². The normalized spacial score (nSPS) is 11.5. The molecule has 2 heterocycles. The fraction of sp³-hybridized carbons (Fsp3) is 0.214. The molecule has 2 aromatic carbocycles. The van der Waals surface area contributed by atoms with Gasteiger partial charge in [0.25, 0.3) is 0 Å². The molecule has 0 aliphatic rings. The Hall–Kier alpha value is -4.09. The molecule has 202 valence electrons. The van der Waals surface area contributed by atoms with Crippen LogP contribution < -0.4 is 14.8 Å². The van der Waals surface area contributed by atoms with Crippen molar-refractivity contribution >= 4 is 40.0 Å². The molecule has 0 spiro atoms. The van der Waals surface area contributed by atoms with Crippen LogP contribution in [0.15, 0.2) is 77.8 Å². The van der Waals surface area contributed by atoms with E-state index in [1.54, 1.807) is 13.2 Å². The Morgan fingerprint density at radius 1 is 1.10 bits per heavy atom. The first-order chi connectivity index (χ1) is 18.9. The first-order valence-corrected chi connectivity index (χ1v) is 13.8. The standard InChI is InChI=1S/C28H28N4O5S2/c1-5-15-32-25(18(2)37-21-13-11-20(35-3)12-14-21)30-31-28(32)39-17-23(33)29-26-24(27(34)36-4)22(16-38-26)19-9-7-6-8-10-19/h5-14,16,18H,1,15,17H2,2-4H3,(H,29,33). The van der Waals surface area contributed by atoms with Crippen LogP contribution in [0.25, 0.3) is 11.1 Å². The van der Waals surface area contributed by atoms with E-state index in [-0.39, 0.29) is 11.7 Å². The van der Waals surface area contributed by atoms with Crippen LogP contribution in [0.5, 0.6) is 11.5 Å². The number of allylic oxidation sites excluding steroid dienone is 1. The molecule has 0 bridgehead atoms. The van der Waals surface area contributed by atoms with E-state index in [1.807, 2.05) is 71.5 Å². The molecular weight excluding hydrogens is 536 g/mol. The minimum Gasteiger partial charge on any atom is -0.497 e. The summed E-state index contributed by atoms with van der Waals surface area (Å²) < 4.78 is 18.1. The van der Waals surface area contributed by atoms with Crippen molar-refractivity contribution in [2.24, 2.45) is 0 Å². The highest BCUT2D eigenvalue weighted by atomic mass is 32.2. The second-order valence-corrected chi connectivity index (χ2v) is 10.0. The Morgan fingerprint density at radius 2 is 1.82 bits per heavy atom. The van der Waals surface area contributed by atoms with Gasteiger partial charge < -0.3 is 19.5 Å². The van der Waals surface area contributed by atoms with Gasteiger partial charge in [0.15, 0.2) is 17.1 Å². The number of aromatic nitrogens is 3. The lowest BCUT2D eigenvalue weighted by Crippen LogP contribution is -2.17. The topological polar surface area (TPSA) is 105 Å². The molecule has 1 atom stereocenters. The van der Waals surface area contributed by atoms with E-state index in [1.165, 1.54) is 30.2 Å². The van der Waals surface area contributed by atoms with Crippen LogP contribution in [0.3, 0.4) is 0 Å². The van der Waals surface area contributed by atoms with Gasteiger partial charge in [0.1, 0.15) is 22.1 Å². The summed E-state index contributed by atoms with van der Waals surface area (Å²) in [5.41, 5.74) is 1.89. The third-order valence-corrected chi connectivity index (χ3v) is 7.51. The lowest BCUT2D eigenvalue weighted by molar-refractivity contribution is -0.113. The largest absolute Gasteiger partial charge is 0.497 e. The van der Waals surface area contributed by atoms with Crippen molar-refractivity contribution in [2.45, 2.75) is 24.7 Å². The van der Waals surface area contributed by atoms with Crippen LogP contribution in [-0.2, 0) is 16.1 Å². The molecule has 0 saturated heterocycles. The Morgan fingerprint density at radius 3 is 2.49 bits per heavy atom. The average molecular weight is 565 g/mol. The third kappa shape index (κ3) is 6.68. The van der Waals surface area contributed by atoms with Gasteiger partial charge >= 0.3 is 5.97 Å². The number of carbonyl (C=O) groups is 2. The van der Waals surface area contributed by atoms with Crippen molar-refractivity contribution in [1.82, 2.24) is 14.8 Å². The number of methoxy groups -OCH3 is 2. The number of nitrogens with zero attached hydrogens (tertiary/aromatic N) is 3. The Bertz CT molecular complexity index is 1430. The second kappa shape index (κ2) is 13.1. The highest BCUT2D eigenvalue weighted by Crippen LogP contribution is 2.36. The predicted molar refractivity (Wildman–Crippen MR) is 153 cm³/mol. The zero-order valence-electron chi connectivity index (χ0n) is 21.7. The summed E-state index contributed by atoms with van der Waals surface area (Å²) in [6.45, 7) is 6.16. The van der Waals surface area contributed by atoms with Gasteiger partial charge in [0.05, 0.1) is 20.0 Å². The molecule has 0 saturated carbocycles. The Kier molecular flexibility index (Phi) is 9.40. The van der Waals surface area contributed by atoms with Gasteiger partial charge in [-0.3, -0.25) is 9.36 Å². The summed E-state index contributed by atoms with van der Waals surface area (Å²) >= 11 is 2.51. The molecule has 9 nitrogen and oxygen atoms in total. The highest BCUT2D eigenvalue weighted by molar-refractivity contribution is 7.99. The summed E-state index contributed by atoms with van der Waals surface area (Å²) in [5.74, 6) is 1.26. The number of rotatable bonds is 12. The fourth-order valence-electron chi connectivity index (χ4n) is 3.80. The number of anilines is 1. The van der Waals surface area contributed by atoms with E-state index >= 15 is 0 Å². The Balaban J connectivity index is 1.46. The maximum absolute atomic E-state index is 12.9. The number of thioether (sulfide) groups is 1. The molecular formula is C28H28N4O5S2. The average Bonchev–Trinajstić information content (AvgIpc) is 3.56. The molecule has 4 rings (SSSR count). The summed E-state index contributed by atoms with van der Waals surface area (Å²) in [4.78, 5) is 25.5. The van der Waals surface area contributed by atoms with Gasteiger partial charge in [-0.25, -0.2) is 4.79 Å². The maximum Gasteiger partial charge on any atom is 0.341 e. The monoisotopic (exact) mass is 564 g/mol. The third-order valence-electron chi connectivity index (χ3n) is 5.64. The minimum absolute atomic E-state index is 0.0577. The smallest absolute Gasteiger partial charge is 0.341 e. The van der Waals surface area contributed by atoms with Gasteiger partial charge in [-0.15, -0.1) is 28.1 Å². The van der Waals surface area contributed by atoms with Crippen LogP contribution in [0.2, 0.25) is 0 Å². The van der Waals surface area contributed by atoms with E-state index in [0.29, 0.717) is 39.4 Å². The van der Waals surface area contributed by atoms with E-state index in [9.17, 15) is 9.59 Å². The molecule has 11 heteroatoms. The van der Waals surface area contributed by atoms with Crippen molar-refractivity contribution < 1.29 is 23.8 Å². The van der Waals surface area contributed by atoms with Crippen LogP contribution >= 0.6 is 23.1 Å². The zero-order chi connectivity index (χ0) is 27.8. The van der Waals surface area contributed by atoms with Crippen LogP contribution in [0, 0.1) is 0 Å². The second-order valence-electron chi connectivity index (χ2n) is 8.22. The molecule has 0 aliphatic heterocycles. The van der Waals surface area contributed by atoms with Crippen molar-refractivity contribution in [2.75, 3.05) is 25.3 Å². The molecule has 2 aromatic heterocycles. The summed E-state index contributed by atoms with van der Waals surface area (Å²) in [7, 11) is 2.93. The van der Waals surface area contributed by atoms with Gasteiger partial charge in [-0.2, -0.15) is 0 Å². The number of hydrogen-bond donors (Lipinski definition) is 1. The fourth-order valence-corrected chi connectivity index (χ4v) is 5.53. The Labute approximate surface area is 234 Å². The van der Waals surface area contributed by atoms with Crippen LogP contribution in [0.4, 0.5) is 5.00 Å². The van der Waals surface area contributed by atoms with E-state index < -0.39 is 12.1 Å². The summed E-state index contributed by atoms with van der Waals surface area (Å²) in [6.07, 6.45) is 1.33. The quantitative estimate of drug-likeness (QED) is 0.130. The maximum atomic E-state index is 12.9. The lowest BCUT2D eigenvalue weighted by atomic mass is 10.0. The number of nitrogens with one attached hydrogen (secondary N) is 1. The molecule has 0 aliphatic carbocycles. The molecule has 4 aromatic rings. The summed E-state index contributed by atoms with van der Waals surface area (Å²) in [5, 5.41) is 14.3. The number of hydrogen-bond acceptors (Lipinski definition) is 9. The molecule has 0 fully saturated rings. The number of carbonyl (C=O) groups excluding carboxylic acids is 2. The van der Waals surface area contributed by atoms with Gasteiger partial charge in [0.2, 0.25) is 5.91 Å². The molecule has 1 unspecified atom stereocenters. The zero-order valence-corrected chi connectivity index (χ0v) is 23.4. The van der Waals surface area contributed by atoms with Gasteiger partial charge in [-0.05, 0) is 36.8 Å². The van der Waals surface area contributed by atoms with Crippen molar-refractivity contribution in [1.29, 1.82) is 0 Å². The number of thiophene rings is 1. The van der Waals surface area contributed by atoms with Crippen LogP contribution in [0.1, 0.15) is 29.2 Å². The highest BCUT2D eigenvalue weighted by Gasteiger charge is 2.23. The number of ether oxygens (including phenoxy) is 3. The van der Waals surface area contributed by atoms with Crippen molar-refractivity contribution in [3.63, 3.8) is 0 Å². The molecule has 1 N–H and O–H groups in total. The summed E-state index contributed by atoms with van der Waals surface area (Å²) in [6, 6.07) is 16.8. The first-order valence-electron chi connectivity index (χ1n) is 12.0. The molecule has 0 radical (unpaired) electrons. The van der Waals surface area contributed by atoms with Crippen molar-refractivity contribution in [3.05, 3.63) is 84.0 Å². The van der Waals surface area contributed by atoms with E-state index in [0.717, 1.165) is 11.3 Å². The lowest BCUT2D eigenvalue weighted by Gasteiger charge is -2.16. The van der Waals surface area contributed by atoms with E-state index in [4.69, 9.17) is 14.2 Å². The number of esters is 1.